The number of allylic oxidation sites excluding steroid dienone is 2. The van der Waals surface area contributed by atoms with E-state index in [1.165, 1.54) is 19.1 Å². The number of nitro groups is 1. The molecule has 2 aromatic carbocycles. The SMILES string of the molecule is CC(=O)O[C@H](COCc1ccccc1)[C@H](/C=C/C=C/[N+](=O)[O-])OCc1ccccc1. The fourth-order valence-electron chi connectivity index (χ4n) is 2.62. The zero-order valence-electron chi connectivity index (χ0n) is 16.8. The van der Waals surface area contributed by atoms with E-state index in [0.29, 0.717) is 6.61 Å². The van der Waals surface area contributed by atoms with Crippen LogP contribution in [0.4, 0.5) is 0 Å². The third-order valence-electron chi connectivity index (χ3n) is 3.98. The van der Waals surface area contributed by atoms with E-state index in [4.69, 9.17) is 14.2 Å². The number of carbonyl (C=O) groups excluding carboxylic acids is 1. The van der Waals surface area contributed by atoms with Crippen molar-refractivity contribution < 1.29 is 23.9 Å². The summed E-state index contributed by atoms with van der Waals surface area (Å²) in [6, 6.07) is 19.2. The van der Waals surface area contributed by atoms with Gasteiger partial charge in [0.2, 0.25) is 6.20 Å². The molecule has 0 unspecified atom stereocenters. The van der Waals surface area contributed by atoms with E-state index in [9.17, 15) is 14.9 Å². The van der Waals surface area contributed by atoms with Crippen LogP contribution in [0.15, 0.2) is 85.1 Å². The zero-order chi connectivity index (χ0) is 21.6. The number of nitrogens with zero attached hydrogens (tertiary/aromatic N) is 1. The molecule has 0 saturated carbocycles. The van der Waals surface area contributed by atoms with Crippen LogP contribution in [0.5, 0.6) is 0 Å². The van der Waals surface area contributed by atoms with Crippen LogP contribution in [0, 0.1) is 10.1 Å². The number of benzene rings is 2. The molecule has 0 spiro atoms. The minimum absolute atomic E-state index is 0.108. The highest BCUT2D eigenvalue weighted by molar-refractivity contribution is 5.66. The minimum Gasteiger partial charge on any atom is -0.457 e. The van der Waals surface area contributed by atoms with Crippen molar-refractivity contribution in [2.75, 3.05) is 6.61 Å². The summed E-state index contributed by atoms with van der Waals surface area (Å²) in [5.74, 6) is -0.467. The lowest BCUT2D eigenvalue weighted by Crippen LogP contribution is -2.35. The largest absolute Gasteiger partial charge is 0.457 e. The quantitative estimate of drug-likeness (QED) is 0.226. The summed E-state index contributed by atoms with van der Waals surface area (Å²) >= 11 is 0. The van der Waals surface area contributed by atoms with Gasteiger partial charge >= 0.3 is 5.97 Å². The van der Waals surface area contributed by atoms with Gasteiger partial charge in [-0.1, -0.05) is 72.8 Å². The van der Waals surface area contributed by atoms with E-state index in [-0.39, 0.29) is 13.2 Å². The Hall–Kier alpha value is -3.29. The van der Waals surface area contributed by atoms with E-state index in [0.717, 1.165) is 17.3 Å². The lowest BCUT2D eigenvalue weighted by atomic mass is 10.1. The monoisotopic (exact) mass is 411 g/mol. The third-order valence-corrected chi connectivity index (χ3v) is 3.98. The van der Waals surface area contributed by atoms with Crippen molar-refractivity contribution in [3.63, 3.8) is 0 Å². The molecule has 30 heavy (non-hydrogen) atoms. The molecule has 0 fully saturated rings. The van der Waals surface area contributed by atoms with Crippen molar-refractivity contribution in [3.8, 4) is 0 Å². The maximum Gasteiger partial charge on any atom is 0.303 e. The summed E-state index contributed by atoms with van der Waals surface area (Å²) in [7, 11) is 0. The van der Waals surface area contributed by atoms with Crippen LogP contribution >= 0.6 is 0 Å². The fourth-order valence-corrected chi connectivity index (χ4v) is 2.62. The second-order valence-electron chi connectivity index (χ2n) is 6.42. The van der Waals surface area contributed by atoms with Crippen LogP contribution in [0.25, 0.3) is 0 Å². The summed E-state index contributed by atoms with van der Waals surface area (Å²) in [6.45, 7) is 2.06. The number of ether oxygens (including phenoxy) is 3. The van der Waals surface area contributed by atoms with Gasteiger partial charge in [0, 0.05) is 13.0 Å². The van der Waals surface area contributed by atoms with Crippen molar-refractivity contribution in [3.05, 3.63) is 106 Å². The van der Waals surface area contributed by atoms with E-state index in [1.807, 2.05) is 60.7 Å². The molecule has 7 nitrogen and oxygen atoms in total. The lowest BCUT2D eigenvalue weighted by Gasteiger charge is -2.25. The van der Waals surface area contributed by atoms with E-state index >= 15 is 0 Å². The van der Waals surface area contributed by atoms with Crippen molar-refractivity contribution >= 4 is 5.97 Å². The predicted molar refractivity (Wildman–Crippen MR) is 112 cm³/mol. The maximum absolute atomic E-state index is 11.6. The molecule has 0 saturated heterocycles. The van der Waals surface area contributed by atoms with Gasteiger partial charge in [-0.25, -0.2) is 0 Å². The number of hydrogen-bond acceptors (Lipinski definition) is 6. The minimum atomic E-state index is -0.713. The first-order valence-electron chi connectivity index (χ1n) is 9.47. The Morgan fingerprint density at radius 1 is 1.00 bits per heavy atom. The van der Waals surface area contributed by atoms with Crippen LogP contribution in [0.1, 0.15) is 18.1 Å². The zero-order valence-corrected chi connectivity index (χ0v) is 16.8. The molecule has 0 radical (unpaired) electrons. The average molecular weight is 411 g/mol. The standard InChI is InChI=1S/C23H25NO6/c1-19(25)30-23(18-28-16-20-10-4-2-5-11-20)22(14-8-9-15-24(26)27)29-17-21-12-6-3-7-13-21/h2-15,22-23H,16-18H2,1H3/b14-8+,15-9+/t22-,23+/m0/s1. The van der Waals surface area contributed by atoms with Crippen molar-refractivity contribution in [2.45, 2.75) is 32.3 Å². The van der Waals surface area contributed by atoms with Crippen LogP contribution in [0.2, 0.25) is 0 Å². The molecule has 158 valence electrons. The molecule has 0 aliphatic carbocycles. The Morgan fingerprint density at radius 3 is 2.17 bits per heavy atom. The Bertz CT molecular complexity index is 835. The van der Waals surface area contributed by atoms with Crippen molar-refractivity contribution in [1.29, 1.82) is 0 Å². The first kappa shape index (κ1) is 23.0. The third kappa shape index (κ3) is 9.27. The van der Waals surface area contributed by atoms with Crippen molar-refractivity contribution in [1.82, 2.24) is 0 Å². The van der Waals surface area contributed by atoms with Gasteiger partial charge in [-0.05, 0) is 11.1 Å². The van der Waals surface area contributed by atoms with Crippen LogP contribution in [0.3, 0.4) is 0 Å². The first-order chi connectivity index (χ1) is 14.5. The molecule has 2 aromatic rings. The summed E-state index contributed by atoms with van der Waals surface area (Å²) in [5.41, 5.74) is 1.94. The lowest BCUT2D eigenvalue weighted by molar-refractivity contribution is -0.402. The molecule has 0 amide bonds. The summed E-state index contributed by atoms with van der Waals surface area (Å²) in [5, 5.41) is 10.5. The van der Waals surface area contributed by atoms with E-state index in [1.54, 1.807) is 6.08 Å². The average Bonchev–Trinajstić information content (AvgIpc) is 2.73. The van der Waals surface area contributed by atoms with Gasteiger partial charge < -0.3 is 14.2 Å². The maximum atomic E-state index is 11.6. The second-order valence-corrected chi connectivity index (χ2v) is 6.42. The molecule has 0 aliphatic rings. The fraction of sp³-hybridized carbons (Fsp3) is 0.261. The molecule has 7 heteroatoms. The Balaban J connectivity index is 2.08. The van der Waals surface area contributed by atoms with Gasteiger partial charge in [-0.3, -0.25) is 14.9 Å². The molecule has 2 rings (SSSR count). The molecule has 0 bridgehead atoms. The first-order valence-corrected chi connectivity index (χ1v) is 9.47. The molecule has 0 heterocycles. The Labute approximate surface area is 175 Å². The number of carbonyl (C=O) groups is 1. The van der Waals surface area contributed by atoms with Gasteiger partial charge in [0.25, 0.3) is 0 Å². The number of rotatable bonds is 12. The summed E-state index contributed by atoms with van der Waals surface area (Å²) in [6.07, 6.45) is 3.84. The predicted octanol–water partition coefficient (Wildman–Crippen LogP) is 4.07. The number of hydrogen-bond donors (Lipinski definition) is 0. The highest BCUT2D eigenvalue weighted by atomic mass is 16.6. The Morgan fingerprint density at radius 2 is 1.60 bits per heavy atom. The summed E-state index contributed by atoms with van der Waals surface area (Å²) in [4.78, 5) is 21.5. The van der Waals surface area contributed by atoms with Gasteiger partial charge in [-0.2, -0.15) is 0 Å². The van der Waals surface area contributed by atoms with Crippen LogP contribution in [-0.4, -0.2) is 29.7 Å². The van der Waals surface area contributed by atoms with E-state index < -0.39 is 23.1 Å². The van der Waals surface area contributed by atoms with Crippen LogP contribution < -0.4 is 0 Å². The summed E-state index contributed by atoms with van der Waals surface area (Å²) < 4.78 is 17.1. The normalized spacial score (nSPS) is 13.4. The van der Waals surface area contributed by atoms with E-state index in [2.05, 4.69) is 0 Å². The van der Waals surface area contributed by atoms with Gasteiger partial charge in [-0.15, -0.1) is 0 Å². The molecule has 0 N–H and O–H groups in total. The molecule has 0 aromatic heterocycles. The smallest absolute Gasteiger partial charge is 0.303 e. The highest BCUT2D eigenvalue weighted by Gasteiger charge is 2.23. The highest BCUT2D eigenvalue weighted by Crippen LogP contribution is 2.13. The molecule has 2 atom stereocenters. The second kappa shape index (κ2) is 13.0. The Kier molecular flexibility index (Phi) is 9.99. The molecule has 0 aliphatic heterocycles. The van der Waals surface area contributed by atoms with Gasteiger partial charge in [0.1, 0.15) is 6.10 Å². The van der Waals surface area contributed by atoms with Gasteiger partial charge in [0.15, 0.2) is 6.10 Å². The van der Waals surface area contributed by atoms with Crippen LogP contribution in [-0.2, 0) is 32.2 Å². The van der Waals surface area contributed by atoms with Gasteiger partial charge in [0.05, 0.1) is 24.7 Å². The molecular weight excluding hydrogens is 386 g/mol. The molecular formula is C23H25NO6. The number of esters is 1. The topological polar surface area (TPSA) is 87.9 Å². The van der Waals surface area contributed by atoms with Crippen molar-refractivity contribution in [2.24, 2.45) is 0 Å².